The number of hydrogen-bond acceptors (Lipinski definition) is 3. The molecule has 2 heterocycles. The molecule has 0 aliphatic carbocycles. The molecule has 2 N–H and O–H groups in total. The molecule has 1 saturated heterocycles. The number of rotatable bonds is 3. The SMILES string of the molecule is Cc1ccncc1C(CN)N1CCC(C)CC1. The Kier molecular flexibility index (Phi) is 4.13. The molecule has 0 spiro atoms. The minimum absolute atomic E-state index is 0.344. The van der Waals surface area contributed by atoms with E-state index >= 15 is 0 Å². The van der Waals surface area contributed by atoms with Gasteiger partial charge in [0.2, 0.25) is 0 Å². The van der Waals surface area contributed by atoms with E-state index in [4.69, 9.17) is 5.73 Å². The van der Waals surface area contributed by atoms with Crippen molar-refractivity contribution < 1.29 is 0 Å². The Labute approximate surface area is 104 Å². The van der Waals surface area contributed by atoms with Crippen LogP contribution in [0.25, 0.3) is 0 Å². The lowest BCUT2D eigenvalue weighted by atomic mass is 9.95. The summed E-state index contributed by atoms with van der Waals surface area (Å²) < 4.78 is 0. The molecule has 1 fully saturated rings. The smallest absolute Gasteiger partial charge is 0.0488 e. The first-order valence-electron chi connectivity index (χ1n) is 6.57. The summed E-state index contributed by atoms with van der Waals surface area (Å²) in [5, 5.41) is 0. The van der Waals surface area contributed by atoms with Crippen molar-refractivity contribution in [3.63, 3.8) is 0 Å². The molecular formula is C14H23N3. The van der Waals surface area contributed by atoms with Crippen LogP contribution in [-0.4, -0.2) is 29.5 Å². The third-order valence-corrected chi connectivity index (χ3v) is 3.92. The van der Waals surface area contributed by atoms with Gasteiger partial charge in [-0.3, -0.25) is 9.88 Å². The zero-order valence-electron chi connectivity index (χ0n) is 10.9. The van der Waals surface area contributed by atoms with Gasteiger partial charge in [-0.15, -0.1) is 0 Å². The highest BCUT2D eigenvalue weighted by molar-refractivity contribution is 5.25. The summed E-state index contributed by atoms with van der Waals surface area (Å²) in [6, 6.07) is 2.42. The van der Waals surface area contributed by atoms with E-state index in [2.05, 4.69) is 29.8 Å². The lowest BCUT2D eigenvalue weighted by Gasteiger charge is -2.36. The highest BCUT2D eigenvalue weighted by atomic mass is 15.2. The largest absolute Gasteiger partial charge is 0.329 e. The number of aryl methyl sites for hydroxylation is 1. The van der Waals surface area contributed by atoms with Crippen LogP contribution in [0.15, 0.2) is 18.5 Å². The highest BCUT2D eigenvalue weighted by Gasteiger charge is 2.24. The summed E-state index contributed by atoms with van der Waals surface area (Å²) >= 11 is 0. The van der Waals surface area contributed by atoms with Crippen LogP contribution in [0.4, 0.5) is 0 Å². The number of hydrogen-bond donors (Lipinski definition) is 1. The van der Waals surface area contributed by atoms with Crippen LogP contribution in [0.2, 0.25) is 0 Å². The predicted molar refractivity (Wildman–Crippen MR) is 70.7 cm³/mol. The number of likely N-dealkylation sites (tertiary alicyclic amines) is 1. The number of piperidine rings is 1. The topological polar surface area (TPSA) is 42.1 Å². The van der Waals surface area contributed by atoms with Gasteiger partial charge in [0.25, 0.3) is 0 Å². The molecule has 0 bridgehead atoms. The van der Waals surface area contributed by atoms with Gasteiger partial charge in [0.15, 0.2) is 0 Å². The first kappa shape index (κ1) is 12.5. The molecule has 1 aromatic heterocycles. The van der Waals surface area contributed by atoms with Gasteiger partial charge in [-0.2, -0.15) is 0 Å². The van der Waals surface area contributed by atoms with Crippen molar-refractivity contribution in [2.24, 2.45) is 11.7 Å². The molecule has 1 aliphatic heterocycles. The molecular weight excluding hydrogens is 210 g/mol. The quantitative estimate of drug-likeness (QED) is 0.869. The summed E-state index contributed by atoms with van der Waals surface area (Å²) in [6.45, 7) is 7.49. The molecule has 1 aromatic rings. The van der Waals surface area contributed by atoms with Crippen molar-refractivity contribution in [3.05, 3.63) is 29.6 Å². The lowest BCUT2D eigenvalue weighted by Crippen LogP contribution is -2.39. The molecule has 94 valence electrons. The Hall–Kier alpha value is -0.930. The van der Waals surface area contributed by atoms with E-state index < -0.39 is 0 Å². The molecule has 1 unspecified atom stereocenters. The van der Waals surface area contributed by atoms with Gasteiger partial charge in [-0.05, 0) is 56.0 Å². The van der Waals surface area contributed by atoms with Gasteiger partial charge in [-0.1, -0.05) is 6.92 Å². The molecule has 1 atom stereocenters. The zero-order chi connectivity index (χ0) is 12.3. The van der Waals surface area contributed by atoms with E-state index in [-0.39, 0.29) is 0 Å². The van der Waals surface area contributed by atoms with E-state index in [1.165, 1.54) is 24.0 Å². The summed E-state index contributed by atoms with van der Waals surface area (Å²) in [4.78, 5) is 6.76. The van der Waals surface area contributed by atoms with Crippen molar-refractivity contribution in [2.45, 2.75) is 32.7 Å². The molecule has 0 saturated carbocycles. The van der Waals surface area contributed by atoms with E-state index in [9.17, 15) is 0 Å². The molecule has 3 heteroatoms. The second-order valence-corrected chi connectivity index (χ2v) is 5.20. The summed E-state index contributed by atoms with van der Waals surface area (Å²) in [5.74, 6) is 0.861. The summed E-state index contributed by atoms with van der Waals surface area (Å²) in [6.07, 6.45) is 6.40. The van der Waals surface area contributed by atoms with E-state index in [1.54, 1.807) is 0 Å². The highest BCUT2D eigenvalue weighted by Crippen LogP contribution is 2.27. The molecule has 0 amide bonds. The van der Waals surface area contributed by atoms with E-state index in [0.29, 0.717) is 12.6 Å². The first-order valence-corrected chi connectivity index (χ1v) is 6.57. The Morgan fingerprint density at radius 3 is 2.76 bits per heavy atom. The maximum Gasteiger partial charge on any atom is 0.0488 e. The van der Waals surface area contributed by atoms with E-state index in [1.807, 2.05) is 12.4 Å². The van der Waals surface area contributed by atoms with Crippen LogP contribution in [0.5, 0.6) is 0 Å². The average molecular weight is 233 g/mol. The molecule has 2 rings (SSSR count). The fourth-order valence-corrected chi connectivity index (χ4v) is 2.64. The Balaban J connectivity index is 2.14. The standard InChI is InChI=1S/C14H23N3/c1-11-4-7-17(8-5-11)14(9-15)13-10-16-6-3-12(13)2/h3,6,10-11,14H,4-5,7-9,15H2,1-2H3. The van der Waals surface area contributed by atoms with Crippen molar-refractivity contribution in [3.8, 4) is 0 Å². The van der Waals surface area contributed by atoms with Crippen LogP contribution in [0.1, 0.15) is 36.9 Å². The molecule has 3 nitrogen and oxygen atoms in total. The lowest BCUT2D eigenvalue weighted by molar-refractivity contribution is 0.140. The zero-order valence-corrected chi connectivity index (χ0v) is 10.9. The molecule has 0 radical (unpaired) electrons. The van der Waals surface area contributed by atoms with Crippen molar-refractivity contribution in [1.29, 1.82) is 0 Å². The maximum absolute atomic E-state index is 5.97. The van der Waals surface area contributed by atoms with Crippen LogP contribution in [0.3, 0.4) is 0 Å². The Morgan fingerprint density at radius 1 is 1.47 bits per heavy atom. The molecule has 0 aromatic carbocycles. The molecule has 17 heavy (non-hydrogen) atoms. The minimum Gasteiger partial charge on any atom is -0.329 e. The van der Waals surface area contributed by atoms with Crippen LogP contribution < -0.4 is 5.73 Å². The van der Waals surface area contributed by atoms with Gasteiger partial charge >= 0.3 is 0 Å². The number of aromatic nitrogens is 1. The van der Waals surface area contributed by atoms with Gasteiger partial charge in [0, 0.05) is 25.0 Å². The number of pyridine rings is 1. The normalized spacial score (nSPS) is 20.4. The van der Waals surface area contributed by atoms with Crippen molar-refractivity contribution in [2.75, 3.05) is 19.6 Å². The van der Waals surface area contributed by atoms with Gasteiger partial charge < -0.3 is 5.73 Å². The average Bonchev–Trinajstić information content (AvgIpc) is 2.35. The predicted octanol–water partition coefficient (Wildman–Crippen LogP) is 2.12. The monoisotopic (exact) mass is 233 g/mol. The fourth-order valence-electron chi connectivity index (χ4n) is 2.64. The second-order valence-electron chi connectivity index (χ2n) is 5.20. The maximum atomic E-state index is 5.97. The van der Waals surface area contributed by atoms with Gasteiger partial charge in [0.1, 0.15) is 0 Å². The van der Waals surface area contributed by atoms with E-state index in [0.717, 1.165) is 19.0 Å². The van der Waals surface area contributed by atoms with Gasteiger partial charge in [0.05, 0.1) is 0 Å². The number of nitrogens with two attached hydrogens (primary N) is 1. The molecule has 1 aliphatic rings. The van der Waals surface area contributed by atoms with Crippen molar-refractivity contribution in [1.82, 2.24) is 9.88 Å². The van der Waals surface area contributed by atoms with Gasteiger partial charge in [-0.25, -0.2) is 0 Å². The second kappa shape index (κ2) is 5.61. The minimum atomic E-state index is 0.344. The first-order chi connectivity index (χ1) is 8.22. The third-order valence-electron chi connectivity index (χ3n) is 3.92. The third kappa shape index (κ3) is 2.85. The Morgan fingerprint density at radius 2 is 2.18 bits per heavy atom. The summed E-state index contributed by atoms with van der Waals surface area (Å²) in [7, 11) is 0. The van der Waals surface area contributed by atoms with Crippen LogP contribution in [0, 0.1) is 12.8 Å². The number of nitrogens with zero attached hydrogens (tertiary/aromatic N) is 2. The summed E-state index contributed by atoms with van der Waals surface area (Å²) in [5.41, 5.74) is 8.57. The fraction of sp³-hybridized carbons (Fsp3) is 0.643. The van der Waals surface area contributed by atoms with Crippen LogP contribution in [-0.2, 0) is 0 Å². The van der Waals surface area contributed by atoms with Crippen molar-refractivity contribution >= 4 is 0 Å². The van der Waals surface area contributed by atoms with Crippen LogP contribution >= 0.6 is 0 Å². The Bertz CT molecular complexity index is 356.